The maximum Gasteiger partial charge on any atom is 0.230 e. The fraction of sp³-hybridized carbons (Fsp3) is 0.350. The van der Waals surface area contributed by atoms with Gasteiger partial charge in [-0.15, -0.1) is 0 Å². The van der Waals surface area contributed by atoms with Gasteiger partial charge in [-0.3, -0.25) is 9.36 Å². The van der Waals surface area contributed by atoms with Crippen LogP contribution < -0.4 is 15.5 Å². The minimum absolute atomic E-state index is 0.000924. The zero-order chi connectivity index (χ0) is 23.1. The summed E-state index contributed by atoms with van der Waals surface area (Å²) in [6.07, 6.45) is 1.37. The summed E-state index contributed by atoms with van der Waals surface area (Å²) in [4.78, 5) is 35.2. The summed E-state index contributed by atoms with van der Waals surface area (Å²) in [5.41, 5.74) is 2.20. The van der Waals surface area contributed by atoms with Gasteiger partial charge in [-0.05, 0) is 19.1 Å². The van der Waals surface area contributed by atoms with E-state index >= 15 is 0 Å². The molecule has 1 fully saturated rings. The number of piperazine rings is 1. The Morgan fingerprint density at radius 3 is 2.88 bits per heavy atom. The van der Waals surface area contributed by atoms with Crippen molar-refractivity contribution in [2.45, 2.75) is 26.3 Å². The highest BCUT2D eigenvalue weighted by Gasteiger charge is 2.29. The van der Waals surface area contributed by atoms with Crippen molar-refractivity contribution in [2.24, 2.45) is 0 Å². The van der Waals surface area contributed by atoms with Gasteiger partial charge >= 0.3 is 0 Å². The van der Waals surface area contributed by atoms with Gasteiger partial charge in [0, 0.05) is 19.6 Å². The summed E-state index contributed by atoms with van der Waals surface area (Å²) >= 11 is 12.2. The Kier molecular flexibility index (Phi) is 5.77. The lowest BCUT2D eigenvalue weighted by Gasteiger charge is -2.34. The fourth-order valence-corrected chi connectivity index (χ4v) is 4.21. The molecule has 0 aliphatic carbocycles. The number of anilines is 2. The number of hydrogen-bond acceptors (Lipinski definition) is 8. The highest BCUT2D eigenvalue weighted by molar-refractivity contribution is 6.42. The first kappa shape index (κ1) is 21.8. The number of nitrogens with one attached hydrogen (secondary N) is 3. The van der Waals surface area contributed by atoms with Gasteiger partial charge in [-0.1, -0.05) is 23.2 Å². The van der Waals surface area contributed by atoms with Crippen LogP contribution in [-0.4, -0.2) is 60.9 Å². The van der Waals surface area contributed by atoms with Gasteiger partial charge in [0.25, 0.3) is 0 Å². The summed E-state index contributed by atoms with van der Waals surface area (Å²) in [5, 5.41) is 7.28. The van der Waals surface area contributed by atoms with Gasteiger partial charge in [-0.2, -0.15) is 9.97 Å². The molecule has 10 nitrogen and oxygen atoms in total. The van der Waals surface area contributed by atoms with E-state index < -0.39 is 12.8 Å². The lowest BCUT2D eigenvalue weighted by atomic mass is 10.1. The van der Waals surface area contributed by atoms with Gasteiger partial charge in [0.2, 0.25) is 5.95 Å². The third-order valence-electron chi connectivity index (χ3n) is 5.55. The van der Waals surface area contributed by atoms with Crippen LogP contribution in [0.25, 0.3) is 22.2 Å². The molecule has 4 aromatic rings. The van der Waals surface area contributed by atoms with Gasteiger partial charge in [0.05, 0.1) is 34.0 Å². The van der Waals surface area contributed by atoms with Crippen LogP contribution in [-0.2, 0) is 18.1 Å². The molecule has 0 amide bonds. The largest absolute Gasteiger partial charge is 0.361 e. The average molecular weight is 492 g/mol. The van der Waals surface area contributed by atoms with Gasteiger partial charge in [0.15, 0.2) is 29.6 Å². The molecule has 1 aliphatic heterocycles. The molecule has 5 rings (SSSR count). The standard InChI is InChI=1S/C20H20Cl2FN9O/c1-10(33)15-6-24-2-3-32(15)20-29-18(17-19(30-20)31(8-23)9-26-17)25-7-16-27-13-4-11(21)12(22)5-14(13)28-16/h4-5,9,15,24H,2-3,6-8H2,1H3,(H,27,28)(H,25,29,30). The second kappa shape index (κ2) is 8.73. The Labute approximate surface area is 197 Å². The summed E-state index contributed by atoms with van der Waals surface area (Å²) in [5.74, 6) is 1.38. The van der Waals surface area contributed by atoms with Crippen LogP contribution in [0.3, 0.4) is 0 Å². The van der Waals surface area contributed by atoms with E-state index in [1.807, 2.05) is 4.90 Å². The predicted octanol–water partition coefficient (Wildman–Crippen LogP) is 2.92. The van der Waals surface area contributed by atoms with Crippen molar-refractivity contribution < 1.29 is 9.18 Å². The third-order valence-corrected chi connectivity index (χ3v) is 6.27. The maximum atomic E-state index is 13.6. The average Bonchev–Trinajstić information content (AvgIpc) is 3.40. The molecule has 3 N–H and O–H groups in total. The number of nitrogens with zero attached hydrogens (tertiary/aromatic N) is 6. The third kappa shape index (κ3) is 4.07. The molecule has 1 aliphatic rings. The molecule has 0 radical (unpaired) electrons. The topological polar surface area (TPSA) is 117 Å². The Bertz CT molecular complexity index is 1320. The second-order valence-corrected chi connectivity index (χ2v) is 8.54. The number of benzene rings is 1. The first-order valence-corrected chi connectivity index (χ1v) is 11.0. The van der Waals surface area contributed by atoms with E-state index in [0.717, 1.165) is 5.52 Å². The lowest BCUT2D eigenvalue weighted by molar-refractivity contribution is -0.118. The number of ketones is 1. The van der Waals surface area contributed by atoms with Gasteiger partial charge in [-0.25, -0.2) is 14.4 Å². The molecule has 0 bridgehead atoms. The SMILES string of the molecule is CC(=O)C1CNCCN1c1nc(NCc2nc3cc(Cl)c(Cl)cc3[nH]2)c2ncn(CF)c2n1. The van der Waals surface area contributed by atoms with Crippen molar-refractivity contribution in [3.8, 4) is 0 Å². The van der Waals surface area contributed by atoms with E-state index in [-0.39, 0.29) is 12.3 Å². The normalized spacial score (nSPS) is 16.6. The minimum Gasteiger partial charge on any atom is -0.361 e. The van der Waals surface area contributed by atoms with Crippen LogP contribution in [0.1, 0.15) is 12.7 Å². The van der Waals surface area contributed by atoms with E-state index in [1.54, 1.807) is 12.1 Å². The number of rotatable bonds is 6. The molecule has 4 heterocycles. The summed E-state index contributed by atoms with van der Waals surface area (Å²) in [6, 6.07) is 3.00. The van der Waals surface area contributed by atoms with Crippen molar-refractivity contribution >= 4 is 62.9 Å². The first-order valence-electron chi connectivity index (χ1n) is 10.3. The van der Waals surface area contributed by atoms with Crippen LogP contribution in [0.4, 0.5) is 16.2 Å². The van der Waals surface area contributed by atoms with Crippen molar-refractivity contribution in [3.63, 3.8) is 0 Å². The van der Waals surface area contributed by atoms with Crippen molar-refractivity contribution in [3.05, 3.63) is 34.3 Å². The Hall–Kier alpha value is -3.02. The number of aromatic nitrogens is 6. The van der Waals surface area contributed by atoms with Crippen LogP contribution in [0.5, 0.6) is 0 Å². The second-order valence-electron chi connectivity index (χ2n) is 7.72. The molecule has 1 unspecified atom stereocenters. The van der Waals surface area contributed by atoms with Crippen LogP contribution in [0.2, 0.25) is 10.0 Å². The quantitative estimate of drug-likeness (QED) is 0.376. The molecule has 0 saturated carbocycles. The number of aromatic amines is 1. The van der Waals surface area contributed by atoms with E-state index in [0.29, 0.717) is 64.0 Å². The number of H-pyrrole nitrogens is 1. The van der Waals surface area contributed by atoms with Crippen molar-refractivity contribution in [1.82, 2.24) is 34.8 Å². The number of alkyl halides is 1. The smallest absolute Gasteiger partial charge is 0.230 e. The summed E-state index contributed by atoms with van der Waals surface area (Å²) < 4.78 is 14.9. The van der Waals surface area contributed by atoms with Crippen molar-refractivity contribution in [1.29, 1.82) is 0 Å². The highest BCUT2D eigenvalue weighted by Crippen LogP contribution is 2.28. The monoisotopic (exact) mass is 491 g/mol. The lowest BCUT2D eigenvalue weighted by Crippen LogP contribution is -2.55. The number of fused-ring (bicyclic) bond motifs is 2. The maximum absolute atomic E-state index is 13.6. The van der Waals surface area contributed by atoms with Gasteiger partial charge in [0.1, 0.15) is 11.9 Å². The predicted molar refractivity (Wildman–Crippen MR) is 125 cm³/mol. The number of carbonyl (C=O) groups excluding carboxylic acids is 1. The number of imidazole rings is 2. The molecular weight excluding hydrogens is 472 g/mol. The molecule has 13 heteroatoms. The Morgan fingerprint density at radius 2 is 2.09 bits per heavy atom. The van der Waals surface area contributed by atoms with E-state index in [2.05, 4.69) is 35.6 Å². The van der Waals surface area contributed by atoms with E-state index in [1.165, 1.54) is 17.8 Å². The molecule has 3 aromatic heterocycles. The van der Waals surface area contributed by atoms with Crippen LogP contribution in [0.15, 0.2) is 18.5 Å². The van der Waals surface area contributed by atoms with E-state index in [4.69, 9.17) is 23.2 Å². The number of Topliss-reactive ketones (excluding diaryl/α,β-unsaturated/α-hetero) is 1. The number of carbonyl (C=O) groups is 1. The molecule has 1 aromatic carbocycles. The van der Waals surface area contributed by atoms with Crippen molar-refractivity contribution in [2.75, 3.05) is 29.9 Å². The Balaban J connectivity index is 1.50. The summed E-state index contributed by atoms with van der Waals surface area (Å²) in [7, 11) is 0. The first-order chi connectivity index (χ1) is 15.9. The molecule has 0 spiro atoms. The zero-order valence-corrected chi connectivity index (χ0v) is 19.1. The summed E-state index contributed by atoms with van der Waals surface area (Å²) in [6.45, 7) is 2.76. The molecule has 172 valence electrons. The van der Waals surface area contributed by atoms with Crippen LogP contribution >= 0.6 is 23.2 Å². The van der Waals surface area contributed by atoms with E-state index in [9.17, 15) is 9.18 Å². The molecular formula is C20H20Cl2FN9O. The number of halogens is 3. The van der Waals surface area contributed by atoms with Gasteiger partial charge < -0.3 is 20.5 Å². The van der Waals surface area contributed by atoms with Crippen LogP contribution in [0, 0.1) is 0 Å². The minimum atomic E-state index is -0.783. The zero-order valence-electron chi connectivity index (χ0n) is 17.6. The Morgan fingerprint density at radius 1 is 1.27 bits per heavy atom. The molecule has 1 saturated heterocycles. The highest BCUT2D eigenvalue weighted by atomic mass is 35.5. The number of hydrogen-bond donors (Lipinski definition) is 3. The molecule has 1 atom stereocenters. The fourth-order valence-electron chi connectivity index (χ4n) is 3.89. The molecule has 33 heavy (non-hydrogen) atoms.